The van der Waals surface area contributed by atoms with Gasteiger partial charge in [-0.05, 0) is 34.3 Å². The van der Waals surface area contributed by atoms with Gasteiger partial charge in [-0.25, -0.2) is 28.2 Å². The van der Waals surface area contributed by atoms with E-state index in [1.165, 1.54) is 6.33 Å². The first-order valence-corrected chi connectivity index (χ1v) is 7.52. The zero-order valence-electron chi connectivity index (χ0n) is 11.2. The molecule has 1 aliphatic carbocycles. The molecule has 0 aromatic carbocycles. The lowest BCUT2D eigenvalue weighted by atomic mass is 10.1. The van der Waals surface area contributed by atoms with Crippen molar-refractivity contribution in [1.29, 1.82) is 0 Å². The smallest absolute Gasteiger partial charge is 0.242 e. The Kier molecular flexibility index (Phi) is 3.14. The molecule has 3 heterocycles. The van der Waals surface area contributed by atoms with Crippen LogP contribution < -0.4 is 0 Å². The van der Waals surface area contributed by atoms with Crippen LogP contribution in [0.1, 0.15) is 17.9 Å². The maximum absolute atomic E-state index is 12.9. The second-order valence-corrected chi connectivity index (χ2v) is 6.08. The minimum Gasteiger partial charge on any atom is -0.244 e. The lowest BCUT2D eigenvalue weighted by Crippen LogP contribution is -2.02. The van der Waals surface area contributed by atoms with E-state index in [2.05, 4.69) is 36.0 Å². The van der Waals surface area contributed by atoms with Gasteiger partial charge in [-0.2, -0.15) is 5.10 Å². The molecule has 1 aliphatic rings. The third-order valence-corrected chi connectivity index (χ3v) is 4.41. The predicted octanol–water partition coefficient (Wildman–Crippen LogP) is 3.32. The van der Waals surface area contributed by atoms with Gasteiger partial charge in [0.1, 0.15) is 10.9 Å². The minimum absolute atomic E-state index is 0.178. The fourth-order valence-electron chi connectivity index (χ4n) is 2.66. The van der Waals surface area contributed by atoms with Gasteiger partial charge in [-0.3, -0.25) is 0 Å². The molecule has 0 saturated heterocycles. The Morgan fingerprint density at radius 3 is 2.68 bits per heavy atom. The normalized spacial score (nSPS) is 20.7. The van der Waals surface area contributed by atoms with E-state index in [-0.39, 0.29) is 5.92 Å². The molecule has 8 heteroatoms. The predicted molar refractivity (Wildman–Crippen MR) is 78.6 cm³/mol. The van der Waals surface area contributed by atoms with Crippen molar-refractivity contribution in [3.8, 4) is 11.3 Å². The third-order valence-electron chi connectivity index (χ3n) is 3.87. The summed E-state index contributed by atoms with van der Waals surface area (Å²) in [5.74, 6) is -0.773. The van der Waals surface area contributed by atoms with Crippen LogP contribution in [0.2, 0.25) is 0 Å². The molecule has 1 saturated carbocycles. The topological polar surface area (TPSA) is 56.0 Å². The molecule has 2 atom stereocenters. The number of fused-ring (bicyclic) bond motifs is 1. The molecule has 112 valence electrons. The van der Waals surface area contributed by atoms with E-state index in [0.717, 1.165) is 11.1 Å². The van der Waals surface area contributed by atoms with E-state index < -0.39 is 12.3 Å². The van der Waals surface area contributed by atoms with Crippen LogP contribution >= 0.6 is 15.9 Å². The van der Waals surface area contributed by atoms with Gasteiger partial charge in [-0.1, -0.05) is 0 Å². The van der Waals surface area contributed by atoms with Crippen LogP contribution in [-0.2, 0) is 0 Å². The first kappa shape index (κ1) is 13.7. The Morgan fingerprint density at radius 1 is 1.23 bits per heavy atom. The molecule has 0 radical (unpaired) electrons. The Hall–Kier alpha value is -1.96. The van der Waals surface area contributed by atoms with Gasteiger partial charge in [0, 0.05) is 29.4 Å². The first-order valence-electron chi connectivity index (χ1n) is 6.73. The highest BCUT2D eigenvalue weighted by Gasteiger charge is 2.46. The van der Waals surface area contributed by atoms with Crippen molar-refractivity contribution in [3.05, 3.63) is 41.2 Å². The average molecular weight is 366 g/mol. The van der Waals surface area contributed by atoms with Gasteiger partial charge in [0.25, 0.3) is 0 Å². The third kappa shape index (κ3) is 2.18. The summed E-state index contributed by atoms with van der Waals surface area (Å²) in [7, 11) is 0. The van der Waals surface area contributed by atoms with E-state index in [1.807, 2.05) is 6.07 Å². The molecule has 0 amide bonds. The van der Waals surface area contributed by atoms with Gasteiger partial charge >= 0.3 is 0 Å². The number of hydrogen-bond acceptors (Lipinski definition) is 4. The minimum atomic E-state index is -2.31. The monoisotopic (exact) mass is 365 g/mol. The highest BCUT2D eigenvalue weighted by atomic mass is 79.9. The van der Waals surface area contributed by atoms with Crippen LogP contribution in [0.15, 0.2) is 35.6 Å². The Bertz CT molecular complexity index is 836. The zero-order valence-corrected chi connectivity index (χ0v) is 12.8. The average Bonchev–Trinajstić information content (AvgIpc) is 3.26. The molecule has 5 nitrogen and oxygen atoms in total. The molecule has 0 bridgehead atoms. The van der Waals surface area contributed by atoms with Crippen molar-refractivity contribution in [1.82, 2.24) is 24.6 Å². The number of aromatic nitrogens is 5. The fraction of sp³-hybridized carbons (Fsp3) is 0.286. The van der Waals surface area contributed by atoms with Crippen LogP contribution in [0.5, 0.6) is 0 Å². The molecule has 0 aliphatic heterocycles. The van der Waals surface area contributed by atoms with Crippen molar-refractivity contribution in [2.45, 2.75) is 18.8 Å². The van der Waals surface area contributed by atoms with Gasteiger partial charge in [0.2, 0.25) is 6.43 Å². The van der Waals surface area contributed by atoms with Crippen molar-refractivity contribution in [3.63, 3.8) is 0 Å². The van der Waals surface area contributed by atoms with Gasteiger partial charge in [0.05, 0.1) is 11.9 Å². The van der Waals surface area contributed by atoms with Crippen molar-refractivity contribution < 1.29 is 8.78 Å². The zero-order chi connectivity index (χ0) is 15.3. The summed E-state index contributed by atoms with van der Waals surface area (Å²) < 4.78 is 28.1. The SMILES string of the molecule is FC(F)[C@H]1C[C@@H]1c1cc(-c2cncnc2)nn2c(Br)cnc12. The highest BCUT2D eigenvalue weighted by molar-refractivity contribution is 9.10. The molecule has 0 spiro atoms. The van der Waals surface area contributed by atoms with Crippen LogP contribution in [0.25, 0.3) is 16.9 Å². The lowest BCUT2D eigenvalue weighted by molar-refractivity contribution is 0.120. The van der Waals surface area contributed by atoms with Crippen LogP contribution in [-0.4, -0.2) is 31.0 Å². The number of rotatable bonds is 3. The Labute approximate surface area is 132 Å². The van der Waals surface area contributed by atoms with E-state index in [0.29, 0.717) is 22.4 Å². The number of halogens is 3. The quantitative estimate of drug-likeness (QED) is 0.714. The molecule has 4 rings (SSSR count). The van der Waals surface area contributed by atoms with Gasteiger partial charge < -0.3 is 0 Å². The highest BCUT2D eigenvalue weighted by Crippen LogP contribution is 2.52. The number of hydrogen-bond donors (Lipinski definition) is 0. The van der Waals surface area contributed by atoms with Gasteiger partial charge in [-0.15, -0.1) is 0 Å². The van der Waals surface area contributed by atoms with Crippen LogP contribution in [0.4, 0.5) is 8.78 Å². The first-order chi connectivity index (χ1) is 10.6. The summed E-state index contributed by atoms with van der Waals surface area (Å²) in [6, 6.07) is 1.82. The number of nitrogens with zero attached hydrogens (tertiary/aromatic N) is 5. The standard InChI is InChI=1S/C14H10BrF2N5/c15-12-5-20-14-10(8-1-9(8)13(16)17)2-11(21-22(12)14)7-3-18-6-19-4-7/h2-6,8-9,13H,1H2/t8-,9-/m0/s1. The van der Waals surface area contributed by atoms with Gasteiger partial charge in [0.15, 0.2) is 5.65 Å². The number of imidazole rings is 1. The Balaban J connectivity index is 1.88. The van der Waals surface area contributed by atoms with E-state index >= 15 is 0 Å². The van der Waals surface area contributed by atoms with E-state index in [1.54, 1.807) is 23.1 Å². The largest absolute Gasteiger partial charge is 0.244 e. The molecule has 0 N–H and O–H groups in total. The molecule has 0 unspecified atom stereocenters. The summed E-state index contributed by atoms with van der Waals surface area (Å²) in [4.78, 5) is 12.2. The molecule has 3 aromatic rings. The number of alkyl halides is 2. The second-order valence-electron chi connectivity index (χ2n) is 5.27. The van der Waals surface area contributed by atoms with Crippen molar-refractivity contribution in [2.24, 2.45) is 5.92 Å². The molecule has 1 fully saturated rings. The molecular weight excluding hydrogens is 356 g/mol. The van der Waals surface area contributed by atoms with Crippen molar-refractivity contribution in [2.75, 3.05) is 0 Å². The fourth-order valence-corrected chi connectivity index (χ4v) is 3.01. The summed E-state index contributed by atoms with van der Waals surface area (Å²) in [5, 5.41) is 4.49. The van der Waals surface area contributed by atoms with E-state index in [4.69, 9.17) is 0 Å². The lowest BCUT2D eigenvalue weighted by Gasteiger charge is -2.07. The molecule has 22 heavy (non-hydrogen) atoms. The summed E-state index contributed by atoms with van der Waals surface area (Å²) in [5.41, 5.74) is 2.78. The summed E-state index contributed by atoms with van der Waals surface area (Å²) >= 11 is 3.38. The molecular formula is C14H10BrF2N5. The summed E-state index contributed by atoms with van der Waals surface area (Å²) in [6.45, 7) is 0. The van der Waals surface area contributed by atoms with E-state index in [9.17, 15) is 8.78 Å². The van der Waals surface area contributed by atoms with Crippen LogP contribution in [0.3, 0.4) is 0 Å². The molecule has 3 aromatic heterocycles. The second kappa shape index (κ2) is 5.05. The maximum Gasteiger partial charge on any atom is 0.242 e. The van der Waals surface area contributed by atoms with Crippen molar-refractivity contribution >= 4 is 21.6 Å². The van der Waals surface area contributed by atoms with Crippen LogP contribution in [0, 0.1) is 5.92 Å². The maximum atomic E-state index is 12.9. The summed E-state index contributed by atoms with van der Waals surface area (Å²) in [6.07, 6.45) is 4.52. The Morgan fingerprint density at radius 2 is 2.00 bits per heavy atom.